The Bertz CT molecular complexity index is 484. The highest BCUT2D eigenvalue weighted by molar-refractivity contribution is 7.89. The van der Waals surface area contributed by atoms with Gasteiger partial charge in [0.25, 0.3) is 0 Å². The predicted molar refractivity (Wildman–Crippen MR) is 62.6 cm³/mol. The third kappa shape index (κ3) is 3.02. The zero-order chi connectivity index (χ0) is 12.3. The Kier molecular flexibility index (Phi) is 3.76. The topological polar surface area (TPSA) is 58.2 Å². The maximum Gasteiger partial charge on any atom is 0.243 e. The van der Waals surface area contributed by atoms with E-state index in [-0.39, 0.29) is 10.9 Å². The van der Waals surface area contributed by atoms with Gasteiger partial charge in [-0.3, -0.25) is 0 Å². The van der Waals surface area contributed by atoms with Gasteiger partial charge in [0, 0.05) is 12.6 Å². The predicted octanol–water partition coefficient (Wildman–Crippen LogP) is 0.856. The van der Waals surface area contributed by atoms with Crippen LogP contribution in [0, 0.1) is 5.82 Å². The average molecular weight is 258 g/mol. The highest BCUT2D eigenvalue weighted by Crippen LogP contribution is 2.13. The van der Waals surface area contributed by atoms with Gasteiger partial charge in [-0.05, 0) is 31.5 Å². The van der Waals surface area contributed by atoms with Crippen LogP contribution in [0.3, 0.4) is 0 Å². The van der Waals surface area contributed by atoms with Crippen molar-refractivity contribution < 1.29 is 12.8 Å². The average Bonchev–Trinajstić information content (AvgIpc) is 2.80. The Hall–Kier alpha value is -0.980. The Morgan fingerprint density at radius 3 is 2.82 bits per heavy atom. The maximum absolute atomic E-state index is 13.4. The molecule has 1 aromatic carbocycles. The zero-order valence-electron chi connectivity index (χ0n) is 9.32. The van der Waals surface area contributed by atoms with E-state index in [0.717, 1.165) is 25.5 Å². The van der Waals surface area contributed by atoms with Crippen molar-refractivity contribution in [2.45, 2.75) is 23.8 Å². The molecule has 0 aliphatic carbocycles. The van der Waals surface area contributed by atoms with Crippen LogP contribution in [-0.2, 0) is 10.0 Å². The monoisotopic (exact) mass is 258 g/mol. The summed E-state index contributed by atoms with van der Waals surface area (Å²) in [6.45, 7) is 1.21. The van der Waals surface area contributed by atoms with Crippen molar-refractivity contribution in [3.8, 4) is 0 Å². The zero-order valence-corrected chi connectivity index (χ0v) is 10.1. The van der Waals surface area contributed by atoms with Crippen LogP contribution in [0.15, 0.2) is 29.2 Å². The van der Waals surface area contributed by atoms with Crippen molar-refractivity contribution in [1.82, 2.24) is 10.0 Å². The summed E-state index contributed by atoms with van der Waals surface area (Å²) in [5.41, 5.74) is 0. The lowest BCUT2D eigenvalue weighted by Crippen LogP contribution is -2.37. The molecule has 0 unspecified atom stereocenters. The molecule has 0 bridgehead atoms. The van der Waals surface area contributed by atoms with Crippen molar-refractivity contribution in [1.29, 1.82) is 0 Å². The first-order valence-corrected chi connectivity index (χ1v) is 7.05. The van der Waals surface area contributed by atoms with Crippen LogP contribution in [0.25, 0.3) is 0 Å². The molecule has 0 radical (unpaired) electrons. The van der Waals surface area contributed by atoms with Crippen LogP contribution >= 0.6 is 0 Å². The van der Waals surface area contributed by atoms with Crippen molar-refractivity contribution in [3.63, 3.8) is 0 Å². The molecule has 1 saturated heterocycles. The van der Waals surface area contributed by atoms with E-state index >= 15 is 0 Å². The fourth-order valence-corrected chi connectivity index (χ4v) is 3.04. The van der Waals surface area contributed by atoms with E-state index in [2.05, 4.69) is 10.0 Å². The van der Waals surface area contributed by atoms with Gasteiger partial charge >= 0.3 is 0 Å². The van der Waals surface area contributed by atoms with Crippen LogP contribution < -0.4 is 10.0 Å². The molecule has 0 aromatic heterocycles. The minimum atomic E-state index is -3.74. The molecule has 0 spiro atoms. The summed E-state index contributed by atoms with van der Waals surface area (Å²) in [5, 5.41) is 3.17. The van der Waals surface area contributed by atoms with E-state index in [1.54, 1.807) is 0 Å². The molecule has 6 heteroatoms. The Balaban J connectivity index is 2.06. The van der Waals surface area contributed by atoms with Crippen LogP contribution in [0.5, 0.6) is 0 Å². The van der Waals surface area contributed by atoms with E-state index in [9.17, 15) is 12.8 Å². The van der Waals surface area contributed by atoms with Crippen molar-refractivity contribution in [3.05, 3.63) is 30.1 Å². The van der Waals surface area contributed by atoms with Crippen molar-refractivity contribution in [2.75, 3.05) is 13.1 Å². The largest absolute Gasteiger partial charge is 0.313 e. The van der Waals surface area contributed by atoms with Gasteiger partial charge in [-0.25, -0.2) is 17.5 Å². The van der Waals surface area contributed by atoms with Gasteiger partial charge in [0.05, 0.1) is 0 Å². The molecule has 4 nitrogen and oxygen atoms in total. The number of hydrogen-bond donors (Lipinski definition) is 2. The summed E-state index contributed by atoms with van der Waals surface area (Å²) >= 11 is 0. The molecule has 1 heterocycles. The SMILES string of the molecule is O=S(=O)(NC[C@@H]1CCCN1)c1ccccc1F. The van der Waals surface area contributed by atoms with E-state index < -0.39 is 15.8 Å². The lowest BCUT2D eigenvalue weighted by atomic mass is 10.2. The van der Waals surface area contributed by atoms with Crippen LogP contribution in [0.2, 0.25) is 0 Å². The second-order valence-corrected chi connectivity index (χ2v) is 5.81. The second-order valence-electron chi connectivity index (χ2n) is 4.08. The normalized spacial score (nSPS) is 20.6. The van der Waals surface area contributed by atoms with Gasteiger partial charge in [0.1, 0.15) is 10.7 Å². The molecule has 1 fully saturated rings. The summed E-state index contributed by atoms with van der Waals surface area (Å²) < 4.78 is 39.4. The Labute approximate surface area is 100 Å². The van der Waals surface area contributed by atoms with Gasteiger partial charge in [0.2, 0.25) is 10.0 Å². The third-order valence-corrected chi connectivity index (χ3v) is 4.27. The lowest BCUT2D eigenvalue weighted by molar-refractivity contribution is 0.539. The Morgan fingerprint density at radius 1 is 1.41 bits per heavy atom. The molecule has 0 saturated carbocycles. The molecule has 1 aromatic rings. The molecule has 1 aliphatic rings. The summed E-state index contributed by atoms with van der Waals surface area (Å²) in [6.07, 6.45) is 1.99. The summed E-state index contributed by atoms with van der Waals surface area (Å²) in [4.78, 5) is -0.294. The molecule has 94 valence electrons. The van der Waals surface area contributed by atoms with Gasteiger partial charge in [-0.15, -0.1) is 0 Å². The van der Waals surface area contributed by atoms with Crippen molar-refractivity contribution in [2.24, 2.45) is 0 Å². The smallest absolute Gasteiger partial charge is 0.243 e. The van der Waals surface area contributed by atoms with Gasteiger partial charge in [-0.2, -0.15) is 0 Å². The fraction of sp³-hybridized carbons (Fsp3) is 0.455. The minimum Gasteiger partial charge on any atom is -0.313 e. The number of rotatable bonds is 4. The van der Waals surface area contributed by atoms with E-state index in [4.69, 9.17) is 0 Å². The third-order valence-electron chi connectivity index (χ3n) is 2.81. The van der Waals surface area contributed by atoms with Crippen LogP contribution in [0.1, 0.15) is 12.8 Å². The molecule has 17 heavy (non-hydrogen) atoms. The van der Waals surface area contributed by atoms with Crippen LogP contribution in [-0.4, -0.2) is 27.5 Å². The van der Waals surface area contributed by atoms with E-state index in [1.807, 2.05) is 0 Å². The number of sulfonamides is 1. The standard InChI is InChI=1S/C11H15FN2O2S/c12-10-5-1-2-6-11(10)17(15,16)14-8-9-4-3-7-13-9/h1-2,5-6,9,13-14H,3-4,7-8H2/t9-/m0/s1. The number of benzene rings is 1. The van der Waals surface area contributed by atoms with Gasteiger partial charge < -0.3 is 5.32 Å². The summed E-state index contributed by atoms with van der Waals surface area (Å²) in [5.74, 6) is -0.723. The molecule has 2 rings (SSSR count). The molecule has 1 aliphatic heterocycles. The highest BCUT2D eigenvalue weighted by atomic mass is 32.2. The second kappa shape index (κ2) is 5.12. The summed E-state index contributed by atoms with van der Waals surface area (Å²) in [6, 6.07) is 5.53. The highest BCUT2D eigenvalue weighted by Gasteiger charge is 2.21. The van der Waals surface area contributed by atoms with Gasteiger partial charge in [-0.1, -0.05) is 12.1 Å². The minimum absolute atomic E-state index is 0.150. The fourth-order valence-electron chi connectivity index (χ4n) is 1.88. The first kappa shape index (κ1) is 12.5. The first-order chi connectivity index (χ1) is 8.09. The quantitative estimate of drug-likeness (QED) is 0.842. The van der Waals surface area contributed by atoms with Crippen LogP contribution in [0.4, 0.5) is 4.39 Å². The van der Waals surface area contributed by atoms with Crippen molar-refractivity contribution >= 4 is 10.0 Å². The molecule has 2 N–H and O–H groups in total. The number of hydrogen-bond acceptors (Lipinski definition) is 3. The maximum atomic E-state index is 13.4. The number of nitrogens with one attached hydrogen (secondary N) is 2. The van der Waals surface area contributed by atoms with E-state index in [1.165, 1.54) is 18.2 Å². The van der Waals surface area contributed by atoms with E-state index in [0.29, 0.717) is 6.54 Å². The lowest BCUT2D eigenvalue weighted by Gasteiger charge is -2.12. The molecule has 1 atom stereocenters. The molecule has 0 amide bonds. The number of halogens is 1. The summed E-state index contributed by atoms with van der Waals surface area (Å²) in [7, 11) is -3.74. The Morgan fingerprint density at radius 2 is 2.18 bits per heavy atom. The first-order valence-electron chi connectivity index (χ1n) is 5.57. The molecular formula is C11H15FN2O2S. The van der Waals surface area contributed by atoms with Gasteiger partial charge in [0.15, 0.2) is 0 Å². The molecular weight excluding hydrogens is 243 g/mol.